The molecule has 1 aliphatic carbocycles. The van der Waals surface area contributed by atoms with Crippen molar-refractivity contribution in [3.05, 3.63) is 47.3 Å². The number of ether oxygens (including phenoxy) is 2. The number of anilines is 1. The van der Waals surface area contributed by atoms with Crippen molar-refractivity contribution in [3.63, 3.8) is 0 Å². The Morgan fingerprint density at radius 3 is 2.47 bits per heavy atom. The van der Waals surface area contributed by atoms with E-state index in [0.29, 0.717) is 44.2 Å². The van der Waals surface area contributed by atoms with Gasteiger partial charge in [0.1, 0.15) is 5.75 Å². The first-order valence-corrected chi connectivity index (χ1v) is 13.4. The zero-order valence-corrected chi connectivity index (χ0v) is 21.5. The first-order chi connectivity index (χ1) is 17.6. The van der Waals surface area contributed by atoms with Gasteiger partial charge < -0.3 is 23.8 Å². The first kappa shape index (κ1) is 24.8. The topological polar surface area (TPSA) is 80.9 Å². The van der Waals surface area contributed by atoms with Crippen LogP contribution in [0.3, 0.4) is 0 Å². The van der Waals surface area contributed by atoms with E-state index in [2.05, 4.69) is 59.2 Å². The smallest absolute Gasteiger partial charge is 0.324 e. The van der Waals surface area contributed by atoms with Crippen molar-refractivity contribution in [3.8, 4) is 5.75 Å². The van der Waals surface area contributed by atoms with Crippen molar-refractivity contribution in [2.75, 3.05) is 50.9 Å². The van der Waals surface area contributed by atoms with Gasteiger partial charge >= 0.3 is 6.01 Å². The third-order valence-corrected chi connectivity index (χ3v) is 7.65. The molecule has 1 atom stereocenters. The largest absolute Gasteiger partial charge is 0.493 e. The third-order valence-electron chi connectivity index (χ3n) is 7.65. The van der Waals surface area contributed by atoms with Crippen molar-refractivity contribution in [1.29, 1.82) is 0 Å². The number of piperidine rings is 1. The number of hydrogen-bond donors (Lipinski definition) is 0. The van der Waals surface area contributed by atoms with Crippen LogP contribution in [0.25, 0.3) is 0 Å². The molecule has 1 amide bonds. The molecule has 2 aliphatic heterocycles. The van der Waals surface area contributed by atoms with Crippen LogP contribution in [0, 0.1) is 5.92 Å². The Hall–Kier alpha value is -2.87. The van der Waals surface area contributed by atoms with Crippen LogP contribution in [-0.2, 0) is 9.53 Å². The van der Waals surface area contributed by atoms with Crippen molar-refractivity contribution >= 4 is 11.9 Å². The lowest BCUT2D eigenvalue weighted by Crippen LogP contribution is -2.41. The first-order valence-electron chi connectivity index (χ1n) is 13.4. The molecule has 3 aliphatic rings. The average Bonchev–Trinajstić information content (AvgIpc) is 3.44. The standard InChI is InChI=1S/C28H38N4O4/c1-20(2)26-29-28(36-30-26)32-13-11-21(12-14-32)19-35-25-9-7-23(8-10-25)22-3-5-24(6-4-22)27(33)31-15-17-34-18-16-31/h5,7-10,20-22H,3-4,6,11-19H2,1-2H3. The van der Waals surface area contributed by atoms with Crippen LogP contribution >= 0.6 is 0 Å². The minimum atomic E-state index is 0.198. The van der Waals surface area contributed by atoms with Gasteiger partial charge in [0.05, 0.1) is 19.8 Å². The lowest BCUT2D eigenvalue weighted by molar-refractivity contribution is -0.131. The highest BCUT2D eigenvalue weighted by Gasteiger charge is 2.26. The molecule has 0 spiro atoms. The van der Waals surface area contributed by atoms with Gasteiger partial charge in [-0.15, -0.1) is 0 Å². The van der Waals surface area contributed by atoms with E-state index >= 15 is 0 Å². The van der Waals surface area contributed by atoms with E-state index < -0.39 is 0 Å². The molecule has 8 heteroatoms. The van der Waals surface area contributed by atoms with Crippen molar-refractivity contribution in [2.24, 2.45) is 5.92 Å². The van der Waals surface area contributed by atoms with E-state index in [1.54, 1.807) is 0 Å². The number of rotatable bonds is 7. The summed E-state index contributed by atoms with van der Waals surface area (Å²) in [6, 6.07) is 9.20. The van der Waals surface area contributed by atoms with Crippen LogP contribution in [-0.4, -0.2) is 66.9 Å². The van der Waals surface area contributed by atoms with Gasteiger partial charge in [-0.2, -0.15) is 4.98 Å². The summed E-state index contributed by atoms with van der Waals surface area (Å²) in [5, 5.41) is 4.08. The Morgan fingerprint density at radius 2 is 1.83 bits per heavy atom. The number of benzene rings is 1. The molecule has 0 bridgehead atoms. The molecule has 1 unspecified atom stereocenters. The van der Waals surface area contributed by atoms with E-state index in [1.165, 1.54) is 5.56 Å². The average molecular weight is 495 g/mol. The third kappa shape index (κ3) is 5.91. The second kappa shape index (κ2) is 11.5. The Balaban J connectivity index is 1.06. The summed E-state index contributed by atoms with van der Waals surface area (Å²) >= 11 is 0. The zero-order valence-electron chi connectivity index (χ0n) is 21.5. The molecule has 0 radical (unpaired) electrons. The molecular weight excluding hydrogens is 456 g/mol. The summed E-state index contributed by atoms with van der Waals surface area (Å²) in [6.07, 6.45) is 7.04. The van der Waals surface area contributed by atoms with Gasteiger partial charge in [0.15, 0.2) is 5.82 Å². The van der Waals surface area contributed by atoms with E-state index in [-0.39, 0.29) is 11.8 Å². The Bertz CT molecular complexity index is 1030. The molecule has 194 valence electrons. The minimum Gasteiger partial charge on any atom is -0.493 e. The highest BCUT2D eigenvalue weighted by atomic mass is 16.5. The predicted octanol–water partition coefficient (Wildman–Crippen LogP) is 4.54. The molecule has 8 nitrogen and oxygen atoms in total. The molecule has 2 fully saturated rings. The lowest BCUT2D eigenvalue weighted by Gasteiger charge is -2.30. The monoisotopic (exact) mass is 494 g/mol. The van der Waals surface area contributed by atoms with Crippen molar-refractivity contribution in [2.45, 2.75) is 57.8 Å². The highest BCUT2D eigenvalue weighted by Crippen LogP contribution is 2.34. The number of nitrogens with zero attached hydrogens (tertiary/aromatic N) is 4. The Kier molecular flexibility index (Phi) is 7.90. The fourth-order valence-electron chi connectivity index (χ4n) is 5.23. The van der Waals surface area contributed by atoms with Gasteiger partial charge in [-0.05, 0) is 61.6 Å². The number of allylic oxidation sites excluding steroid dienone is 1. The van der Waals surface area contributed by atoms with Gasteiger partial charge in [0.2, 0.25) is 5.91 Å². The molecule has 3 heterocycles. The summed E-state index contributed by atoms with van der Waals surface area (Å²) < 4.78 is 16.9. The number of morpholine rings is 1. The molecule has 1 aromatic carbocycles. The lowest BCUT2D eigenvalue weighted by atomic mass is 9.84. The van der Waals surface area contributed by atoms with E-state index in [0.717, 1.165) is 68.9 Å². The number of amides is 1. The van der Waals surface area contributed by atoms with Crippen LogP contribution in [0.5, 0.6) is 5.75 Å². The molecule has 2 saturated heterocycles. The van der Waals surface area contributed by atoms with Crippen LogP contribution < -0.4 is 9.64 Å². The van der Waals surface area contributed by atoms with Crippen molar-refractivity contribution in [1.82, 2.24) is 15.0 Å². The second-order valence-corrected chi connectivity index (χ2v) is 10.5. The number of hydrogen-bond acceptors (Lipinski definition) is 7. The molecule has 2 aromatic rings. The van der Waals surface area contributed by atoms with Crippen LogP contribution in [0.1, 0.15) is 69.2 Å². The highest BCUT2D eigenvalue weighted by molar-refractivity contribution is 5.93. The summed E-state index contributed by atoms with van der Waals surface area (Å²) in [5.41, 5.74) is 2.30. The number of carbonyl (C=O) groups is 1. The minimum absolute atomic E-state index is 0.198. The maximum absolute atomic E-state index is 12.7. The van der Waals surface area contributed by atoms with E-state index in [4.69, 9.17) is 14.0 Å². The zero-order chi connectivity index (χ0) is 24.9. The van der Waals surface area contributed by atoms with Gasteiger partial charge in [-0.1, -0.05) is 37.2 Å². The summed E-state index contributed by atoms with van der Waals surface area (Å²) in [5.74, 6) is 3.16. The van der Waals surface area contributed by atoms with E-state index in [9.17, 15) is 4.79 Å². The summed E-state index contributed by atoms with van der Waals surface area (Å²) in [4.78, 5) is 21.4. The van der Waals surface area contributed by atoms with Gasteiger partial charge in [-0.3, -0.25) is 4.79 Å². The van der Waals surface area contributed by atoms with Gasteiger partial charge in [0.25, 0.3) is 0 Å². The summed E-state index contributed by atoms with van der Waals surface area (Å²) in [7, 11) is 0. The maximum Gasteiger partial charge on any atom is 0.324 e. The maximum atomic E-state index is 12.7. The predicted molar refractivity (Wildman–Crippen MR) is 137 cm³/mol. The quantitative estimate of drug-likeness (QED) is 0.559. The molecule has 36 heavy (non-hydrogen) atoms. The van der Waals surface area contributed by atoms with Crippen LogP contribution in [0.4, 0.5) is 6.01 Å². The van der Waals surface area contributed by atoms with Gasteiger partial charge in [-0.25, -0.2) is 0 Å². The van der Waals surface area contributed by atoms with Crippen LogP contribution in [0.2, 0.25) is 0 Å². The second-order valence-electron chi connectivity index (χ2n) is 10.5. The Labute approximate surface area is 213 Å². The molecule has 0 saturated carbocycles. The number of carbonyl (C=O) groups excluding carboxylic acids is 1. The van der Waals surface area contributed by atoms with Gasteiger partial charge in [0, 0.05) is 37.7 Å². The normalized spacial score (nSPS) is 21.5. The fraction of sp³-hybridized carbons (Fsp3) is 0.607. The van der Waals surface area contributed by atoms with Crippen LogP contribution in [0.15, 0.2) is 40.4 Å². The molecule has 0 N–H and O–H groups in total. The SMILES string of the molecule is CC(C)c1noc(N2CCC(COc3ccc(C4CC=C(C(=O)N5CCOCC5)CC4)cc3)CC2)n1. The molecular formula is C28H38N4O4. The molecule has 5 rings (SSSR count). The fourth-order valence-corrected chi connectivity index (χ4v) is 5.23. The van der Waals surface area contributed by atoms with E-state index in [1.807, 2.05) is 4.90 Å². The van der Waals surface area contributed by atoms with Crippen molar-refractivity contribution < 1.29 is 18.8 Å². The number of aromatic nitrogens is 2. The molecule has 1 aromatic heterocycles. The Morgan fingerprint density at radius 1 is 1.08 bits per heavy atom. The summed E-state index contributed by atoms with van der Waals surface area (Å²) in [6.45, 7) is 9.41.